The lowest BCUT2D eigenvalue weighted by Gasteiger charge is -2.07. The van der Waals surface area contributed by atoms with Crippen molar-refractivity contribution in [3.05, 3.63) is 44.6 Å². The first-order chi connectivity index (χ1) is 10.8. The van der Waals surface area contributed by atoms with Gasteiger partial charge in [-0.1, -0.05) is 30.5 Å². The number of nitrogens with zero attached hydrogens (tertiary/aromatic N) is 1. The van der Waals surface area contributed by atoms with Crippen LogP contribution in [0, 0.1) is 0 Å². The van der Waals surface area contributed by atoms with Crippen LogP contribution < -0.4 is 5.32 Å². The molecule has 5 heteroatoms. The van der Waals surface area contributed by atoms with E-state index < -0.39 is 0 Å². The molecule has 0 unspecified atom stereocenters. The van der Waals surface area contributed by atoms with Crippen molar-refractivity contribution in [3.63, 3.8) is 0 Å². The molecule has 4 rings (SSSR count). The molecule has 114 valence electrons. The van der Waals surface area contributed by atoms with Crippen molar-refractivity contribution in [2.24, 2.45) is 0 Å². The van der Waals surface area contributed by atoms with Crippen LogP contribution in [0.3, 0.4) is 0 Å². The number of aromatic nitrogens is 1. The normalized spacial score (nSPS) is 15.7. The van der Waals surface area contributed by atoms with Crippen molar-refractivity contribution in [2.45, 2.75) is 38.1 Å². The summed E-state index contributed by atoms with van der Waals surface area (Å²) in [6, 6.07) is 8.43. The molecule has 0 saturated heterocycles. The van der Waals surface area contributed by atoms with Crippen LogP contribution in [0.1, 0.15) is 41.4 Å². The van der Waals surface area contributed by atoms with E-state index in [1.54, 1.807) is 11.3 Å². The number of fused-ring (bicyclic) bond motifs is 1. The molecule has 3 aromatic heterocycles. The zero-order valence-electron chi connectivity index (χ0n) is 12.1. The lowest BCUT2D eigenvalue weighted by atomic mass is 10.1. The molecule has 1 aliphatic rings. The molecule has 0 aliphatic heterocycles. The number of hydrogen-bond acceptors (Lipinski definition) is 4. The molecule has 0 atom stereocenters. The van der Waals surface area contributed by atoms with Gasteiger partial charge in [-0.15, -0.1) is 22.7 Å². The highest BCUT2D eigenvalue weighted by Gasteiger charge is 2.20. The van der Waals surface area contributed by atoms with E-state index in [1.165, 1.54) is 40.1 Å². The minimum Gasteiger partial charge on any atom is -0.379 e. The minimum absolute atomic E-state index is 0.567. The van der Waals surface area contributed by atoms with Gasteiger partial charge in [-0.25, -0.2) is 4.98 Å². The van der Waals surface area contributed by atoms with Crippen molar-refractivity contribution in [1.82, 2.24) is 4.98 Å². The first-order valence-corrected chi connectivity index (χ1v) is 9.73. The maximum absolute atomic E-state index is 6.21. The Balaban J connectivity index is 1.66. The number of pyridine rings is 1. The van der Waals surface area contributed by atoms with Crippen LogP contribution >= 0.6 is 34.3 Å². The summed E-state index contributed by atoms with van der Waals surface area (Å²) in [6.07, 6.45) is 5.35. The number of rotatable bonds is 4. The summed E-state index contributed by atoms with van der Waals surface area (Å²) in [4.78, 5) is 7.31. The van der Waals surface area contributed by atoms with Crippen LogP contribution in [0.5, 0.6) is 0 Å². The Morgan fingerprint density at radius 1 is 1.27 bits per heavy atom. The average Bonchev–Trinajstić information content (AvgIpc) is 3.24. The summed E-state index contributed by atoms with van der Waals surface area (Å²) in [5.74, 6) is 0.725. The van der Waals surface area contributed by atoms with Crippen molar-refractivity contribution >= 4 is 50.2 Å². The third-order valence-electron chi connectivity index (χ3n) is 4.26. The number of hydrogen-bond donors (Lipinski definition) is 1. The van der Waals surface area contributed by atoms with E-state index in [0.717, 1.165) is 23.7 Å². The fraction of sp³-hybridized carbons (Fsp3) is 0.353. The highest BCUT2D eigenvalue weighted by atomic mass is 35.5. The summed E-state index contributed by atoms with van der Waals surface area (Å²) in [7, 11) is 0. The molecule has 1 aliphatic carbocycles. The first-order valence-electron chi connectivity index (χ1n) is 7.66. The fourth-order valence-corrected chi connectivity index (χ4v) is 5.25. The third-order valence-corrected chi connectivity index (χ3v) is 6.65. The Bertz CT molecular complexity index is 773. The molecule has 1 saturated carbocycles. The van der Waals surface area contributed by atoms with Gasteiger partial charge in [0.1, 0.15) is 5.15 Å². The summed E-state index contributed by atoms with van der Waals surface area (Å²) in [6.45, 7) is 0.837. The second-order valence-corrected chi connectivity index (χ2v) is 8.27. The molecular weight excluding hydrogens is 332 g/mol. The largest absolute Gasteiger partial charge is 0.379 e. The van der Waals surface area contributed by atoms with E-state index >= 15 is 0 Å². The Labute approximate surface area is 143 Å². The van der Waals surface area contributed by atoms with Gasteiger partial charge in [0.2, 0.25) is 0 Å². The lowest BCUT2D eigenvalue weighted by molar-refractivity contribution is 0.738. The predicted octanol–water partition coefficient (Wildman–Crippen LogP) is 6.28. The molecule has 0 amide bonds. The monoisotopic (exact) mass is 348 g/mol. The maximum Gasteiger partial charge on any atom is 0.131 e. The summed E-state index contributed by atoms with van der Waals surface area (Å²) in [5.41, 5.74) is 2.14. The van der Waals surface area contributed by atoms with E-state index in [2.05, 4.69) is 33.9 Å². The van der Waals surface area contributed by atoms with Crippen LogP contribution in [0.2, 0.25) is 5.15 Å². The van der Waals surface area contributed by atoms with Gasteiger partial charge in [0.15, 0.2) is 0 Å². The smallest absolute Gasteiger partial charge is 0.131 e. The van der Waals surface area contributed by atoms with Crippen molar-refractivity contribution in [3.8, 4) is 0 Å². The number of halogens is 1. The molecule has 0 bridgehead atoms. The van der Waals surface area contributed by atoms with Gasteiger partial charge in [-0.3, -0.25) is 0 Å². The SMILES string of the molecule is Clc1cc(NCc2cccs2)c2sc(C3CCCC3)cc2n1. The molecule has 0 spiro atoms. The molecule has 1 N–H and O–H groups in total. The van der Waals surface area contributed by atoms with E-state index in [0.29, 0.717) is 5.15 Å². The maximum atomic E-state index is 6.21. The zero-order valence-corrected chi connectivity index (χ0v) is 14.5. The highest BCUT2D eigenvalue weighted by molar-refractivity contribution is 7.19. The van der Waals surface area contributed by atoms with Crippen molar-refractivity contribution in [2.75, 3.05) is 5.32 Å². The number of anilines is 1. The van der Waals surface area contributed by atoms with Gasteiger partial charge in [-0.05, 0) is 36.3 Å². The highest BCUT2D eigenvalue weighted by Crippen LogP contribution is 2.42. The van der Waals surface area contributed by atoms with Gasteiger partial charge in [0.05, 0.1) is 15.9 Å². The number of thiophene rings is 2. The van der Waals surface area contributed by atoms with Gasteiger partial charge >= 0.3 is 0 Å². The van der Waals surface area contributed by atoms with Crippen LogP contribution in [0.15, 0.2) is 29.6 Å². The topological polar surface area (TPSA) is 24.9 Å². The molecule has 0 aromatic carbocycles. The van der Waals surface area contributed by atoms with E-state index in [4.69, 9.17) is 11.6 Å². The third kappa shape index (κ3) is 2.87. The Morgan fingerprint density at radius 3 is 2.91 bits per heavy atom. The fourth-order valence-electron chi connectivity index (χ4n) is 3.15. The average molecular weight is 349 g/mol. The quantitative estimate of drug-likeness (QED) is 0.561. The summed E-state index contributed by atoms with van der Waals surface area (Å²) in [5, 5.41) is 6.20. The van der Waals surface area contributed by atoms with Crippen LogP contribution in [-0.2, 0) is 6.54 Å². The Hall–Kier alpha value is -1.10. The molecule has 0 radical (unpaired) electrons. The molecule has 2 nitrogen and oxygen atoms in total. The second-order valence-electron chi connectivity index (χ2n) is 5.77. The molecule has 3 aromatic rings. The zero-order chi connectivity index (χ0) is 14.9. The van der Waals surface area contributed by atoms with Gasteiger partial charge in [0.25, 0.3) is 0 Å². The van der Waals surface area contributed by atoms with Crippen LogP contribution in [0.4, 0.5) is 5.69 Å². The molecular formula is C17H17ClN2S2. The minimum atomic E-state index is 0.567. The van der Waals surface area contributed by atoms with Crippen molar-refractivity contribution in [1.29, 1.82) is 0 Å². The standard InChI is InChI=1S/C17H17ClN2S2/c18-16-9-13(19-10-12-6-3-7-21-12)17-14(20-16)8-15(22-17)11-4-1-2-5-11/h3,6-9,11H,1-2,4-5,10H2,(H,19,20). The molecule has 1 fully saturated rings. The predicted molar refractivity (Wildman–Crippen MR) is 97.5 cm³/mol. The molecule has 3 heterocycles. The summed E-state index contributed by atoms with van der Waals surface area (Å²) < 4.78 is 1.24. The Kier molecular flexibility index (Phi) is 4.07. The lowest BCUT2D eigenvalue weighted by Crippen LogP contribution is -1.97. The first kappa shape index (κ1) is 14.5. The van der Waals surface area contributed by atoms with Crippen LogP contribution in [-0.4, -0.2) is 4.98 Å². The van der Waals surface area contributed by atoms with E-state index in [9.17, 15) is 0 Å². The van der Waals surface area contributed by atoms with Gasteiger partial charge in [0, 0.05) is 22.4 Å². The van der Waals surface area contributed by atoms with Crippen LogP contribution in [0.25, 0.3) is 10.2 Å². The van der Waals surface area contributed by atoms with Gasteiger partial charge in [-0.2, -0.15) is 0 Å². The second kappa shape index (κ2) is 6.19. The molecule has 22 heavy (non-hydrogen) atoms. The van der Waals surface area contributed by atoms with Gasteiger partial charge < -0.3 is 5.32 Å². The van der Waals surface area contributed by atoms with E-state index in [-0.39, 0.29) is 0 Å². The van der Waals surface area contributed by atoms with Crippen molar-refractivity contribution < 1.29 is 0 Å². The summed E-state index contributed by atoms with van der Waals surface area (Å²) >= 11 is 9.87. The van der Waals surface area contributed by atoms with E-state index in [1.807, 2.05) is 17.4 Å². The number of nitrogens with one attached hydrogen (secondary N) is 1. The Morgan fingerprint density at radius 2 is 2.14 bits per heavy atom.